The minimum Gasteiger partial charge on any atom is -0.456 e. The van der Waals surface area contributed by atoms with Gasteiger partial charge in [0.05, 0.1) is 5.02 Å². The zero-order chi connectivity index (χ0) is 13.1. The third-order valence-electron chi connectivity index (χ3n) is 2.27. The Kier molecular flexibility index (Phi) is 3.48. The maximum Gasteiger partial charge on any atom is 0.146 e. The molecule has 0 spiro atoms. The lowest BCUT2D eigenvalue weighted by Crippen LogP contribution is -2.10. The smallest absolute Gasteiger partial charge is 0.146 e. The van der Waals surface area contributed by atoms with Gasteiger partial charge in [0.25, 0.3) is 0 Å². The molecule has 0 fully saturated rings. The molecule has 0 amide bonds. The van der Waals surface area contributed by atoms with Gasteiger partial charge in [-0.25, -0.2) is 4.39 Å². The van der Waals surface area contributed by atoms with Crippen molar-refractivity contribution in [3.8, 4) is 11.5 Å². The van der Waals surface area contributed by atoms with Gasteiger partial charge in [-0.2, -0.15) is 0 Å². The number of halogens is 2. The van der Waals surface area contributed by atoms with Crippen LogP contribution in [0.5, 0.6) is 11.5 Å². The molecule has 0 saturated heterocycles. The Morgan fingerprint density at radius 2 is 2.00 bits per heavy atom. The fourth-order valence-electron chi connectivity index (χ4n) is 1.41. The second kappa shape index (κ2) is 5.06. The first-order chi connectivity index (χ1) is 8.56. The van der Waals surface area contributed by atoms with E-state index in [1.165, 1.54) is 18.2 Å². The zero-order valence-electron chi connectivity index (χ0n) is 9.28. The Bertz CT molecular complexity index is 601. The van der Waals surface area contributed by atoms with E-state index < -0.39 is 0 Å². The lowest BCUT2D eigenvalue weighted by Gasteiger charge is -2.08. The first-order valence-electron chi connectivity index (χ1n) is 5.13. The summed E-state index contributed by atoms with van der Waals surface area (Å²) in [4.78, 5) is 0. The molecule has 5 heteroatoms. The van der Waals surface area contributed by atoms with E-state index in [2.05, 4.69) is 0 Å². The number of nitrogens with two attached hydrogens (primary N) is 1. The van der Waals surface area contributed by atoms with E-state index in [1.54, 1.807) is 24.3 Å². The first-order valence-corrected chi connectivity index (χ1v) is 5.51. The molecule has 0 aliphatic heterocycles. The highest BCUT2D eigenvalue weighted by atomic mass is 35.5. The maximum atomic E-state index is 13.0. The van der Waals surface area contributed by atoms with Crippen LogP contribution in [-0.2, 0) is 0 Å². The molecule has 3 nitrogen and oxygen atoms in total. The molecule has 18 heavy (non-hydrogen) atoms. The molecule has 2 aromatic rings. The molecule has 0 aromatic heterocycles. The van der Waals surface area contributed by atoms with E-state index in [-0.39, 0.29) is 11.7 Å². The Hall–Kier alpha value is -2.07. The highest BCUT2D eigenvalue weighted by molar-refractivity contribution is 6.32. The van der Waals surface area contributed by atoms with Crippen molar-refractivity contribution in [2.24, 2.45) is 5.73 Å². The van der Waals surface area contributed by atoms with Crippen LogP contribution in [-0.4, -0.2) is 5.84 Å². The summed E-state index contributed by atoms with van der Waals surface area (Å²) in [6.45, 7) is 0. The number of nitrogen functional groups attached to an aromatic ring is 1. The summed E-state index contributed by atoms with van der Waals surface area (Å²) in [5, 5.41) is 7.59. The quantitative estimate of drug-likeness (QED) is 0.658. The van der Waals surface area contributed by atoms with Gasteiger partial charge >= 0.3 is 0 Å². The fourth-order valence-corrected chi connectivity index (χ4v) is 1.63. The number of nitrogens with one attached hydrogen (secondary N) is 1. The number of hydrogen-bond acceptors (Lipinski definition) is 2. The van der Waals surface area contributed by atoms with Crippen LogP contribution in [0.3, 0.4) is 0 Å². The Morgan fingerprint density at radius 1 is 1.22 bits per heavy atom. The third-order valence-corrected chi connectivity index (χ3v) is 2.56. The molecule has 0 bridgehead atoms. The van der Waals surface area contributed by atoms with Gasteiger partial charge in [0.15, 0.2) is 0 Å². The lowest BCUT2D eigenvalue weighted by molar-refractivity contribution is 0.477. The third kappa shape index (κ3) is 2.78. The van der Waals surface area contributed by atoms with E-state index in [4.69, 9.17) is 27.5 Å². The SMILES string of the molecule is N=C(N)c1ccc(Oc2cccc(F)c2)c(Cl)c1. The van der Waals surface area contributed by atoms with Crippen molar-refractivity contribution in [1.82, 2.24) is 0 Å². The molecule has 0 aliphatic rings. The monoisotopic (exact) mass is 264 g/mol. The minimum atomic E-state index is -0.385. The van der Waals surface area contributed by atoms with Crippen molar-refractivity contribution >= 4 is 17.4 Å². The Balaban J connectivity index is 2.27. The number of hydrogen-bond donors (Lipinski definition) is 2. The van der Waals surface area contributed by atoms with Gasteiger partial charge in [-0.15, -0.1) is 0 Å². The molecule has 92 valence electrons. The summed E-state index contributed by atoms with van der Waals surface area (Å²) < 4.78 is 18.4. The molecular formula is C13H10ClFN2O. The molecule has 3 N–H and O–H groups in total. The molecule has 0 radical (unpaired) electrons. The predicted octanol–water partition coefficient (Wildman–Crippen LogP) is 3.56. The Labute approximate surface area is 108 Å². The fraction of sp³-hybridized carbons (Fsp3) is 0. The van der Waals surface area contributed by atoms with Crippen LogP contribution in [0.25, 0.3) is 0 Å². The molecule has 0 heterocycles. The summed E-state index contributed by atoms with van der Waals surface area (Å²) in [5.74, 6) is 0.276. The van der Waals surface area contributed by atoms with Crippen molar-refractivity contribution in [3.05, 3.63) is 58.9 Å². The van der Waals surface area contributed by atoms with E-state index in [1.807, 2.05) is 0 Å². The second-order valence-corrected chi connectivity index (χ2v) is 4.03. The van der Waals surface area contributed by atoms with E-state index in [9.17, 15) is 4.39 Å². The van der Waals surface area contributed by atoms with E-state index >= 15 is 0 Å². The number of benzene rings is 2. The van der Waals surface area contributed by atoms with E-state index in [0.29, 0.717) is 22.1 Å². The van der Waals surface area contributed by atoms with Gasteiger partial charge in [-0.3, -0.25) is 5.41 Å². The summed E-state index contributed by atoms with van der Waals surface area (Å²) >= 11 is 5.99. The second-order valence-electron chi connectivity index (χ2n) is 3.62. The van der Waals surface area contributed by atoms with Crippen LogP contribution in [0.2, 0.25) is 5.02 Å². The van der Waals surface area contributed by atoms with Crippen LogP contribution < -0.4 is 10.5 Å². The average Bonchev–Trinajstić information content (AvgIpc) is 2.31. The van der Waals surface area contributed by atoms with Gasteiger partial charge in [0.2, 0.25) is 0 Å². The lowest BCUT2D eigenvalue weighted by atomic mass is 10.2. The largest absolute Gasteiger partial charge is 0.456 e. The zero-order valence-corrected chi connectivity index (χ0v) is 10.0. The van der Waals surface area contributed by atoms with Crippen molar-refractivity contribution in [3.63, 3.8) is 0 Å². The number of ether oxygens (including phenoxy) is 1. The van der Waals surface area contributed by atoms with Crippen LogP contribution in [0.1, 0.15) is 5.56 Å². The van der Waals surface area contributed by atoms with Gasteiger partial charge in [-0.1, -0.05) is 17.7 Å². The predicted molar refractivity (Wildman–Crippen MR) is 68.9 cm³/mol. The van der Waals surface area contributed by atoms with Crippen molar-refractivity contribution in [2.75, 3.05) is 0 Å². The number of amidine groups is 1. The van der Waals surface area contributed by atoms with Crippen molar-refractivity contribution in [2.45, 2.75) is 0 Å². The minimum absolute atomic E-state index is 0.0748. The highest BCUT2D eigenvalue weighted by Crippen LogP contribution is 2.30. The standard InChI is InChI=1S/C13H10ClFN2O/c14-11-6-8(13(16)17)4-5-12(11)18-10-3-1-2-9(15)7-10/h1-7H,(H3,16,17). The van der Waals surface area contributed by atoms with Crippen molar-refractivity contribution in [1.29, 1.82) is 5.41 Å². The summed E-state index contributed by atoms with van der Waals surface area (Å²) in [6.07, 6.45) is 0. The van der Waals surface area contributed by atoms with Gasteiger partial charge in [0, 0.05) is 11.6 Å². The topological polar surface area (TPSA) is 59.1 Å². The molecule has 2 rings (SSSR count). The maximum absolute atomic E-state index is 13.0. The first kappa shape index (κ1) is 12.4. The number of rotatable bonds is 3. The summed E-state index contributed by atoms with van der Waals surface area (Å²) in [7, 11) is 0. The summed E-state index contributed by atoms with van der Waals surface area (Å²) in [6, 6.07) is 10.5. The van der Waals surface area contributed by atoms with Crippen LogP contribution >= 0.6 is 11.6 Å². The molecular weight excluding hydrogens is 255 g/mol. The summed E-state index contributed by atoms with van der Waals surface area (Å²) in [5.41, 5.74) is 5.85. The average molecular weight is 265 g/mol. The van der Waals surface area contributed by atoms with Crippen LogP contribution in [0.15, 0.2) is 42.5 Å². The Morgan fingerprint density at radius 3 is 2.61 bits per heavy atom. The van der Waals surface area contributed by atoms with Gasteiger partial charge in [0.1, 0.15) is 23.2 Å². The molecule has 2 aromatic carbocycles. The molecule has 0 aliphatic carbocycles. The van der Waals surface area contributed by atoms with Crippen molar-refractivity contribution < 1.29 is 9.13 Å². The molecule has 0 unspecified atom stereocenters. The van der Waals surface area contributed by atoms with Gasteiger partial charge < -0.3 is 10.5 Å². The molecule has 0 atom stereocenters. The van der Waals surface area contributed by atoms with E-state index in [0.717, 1.165) is 0 Å². The molecule has 0 saturated carbocycles. The van der Waals surface area contributed by atoms with Crippen LogP contribution in [0.4, 0.5) is 4.39 Å². The van der Waals surface area contributed by atoms with Crippen LogP contribution in [0, 0.1) is 11.2 Å². The van der Waals surface area contributed by atoms with Gasteiger partial charge in [-0.05, 0) is 30.3 Å². The normalized spacial score (nSPS) is 10.1. The highest BCUT2D eigenvalue weighted by Gasteiger charge is 2.06.